The molecule has 20 heavy (non-hydrogen) atoms. The largest absolute Gasteiger partial charge is 0.387 e. The van der Waals surface area contributed by atoms with Gasteiger partial charge in [-0.1, -0.05) is 24.3 Å². The fraction of sp³-hybridized carbons (Fsp3) is 0.600. The average molecular weight is 295 g/mol. The molecule has 1 aromatic rings. The molecule has 0 saturated heterocycles. The number of sulfone groups is 1. The quantitative estimate of drug-likeness (QED) is 0.860. The third kappa shape index (κ3) is 2.18. The fourth-order valence-electron chi connectivity index (χ4n) is 3.85. The van der Waals surface area contributed by atoms with Crippen molar-refractivity contribution in [1.29, 1.82) is 0 Å². The lowest BCUT2D eigenvalue weighted by molar-refractivity contribution is 0.00794. The molecule has 1 saturated carbocycles. The maximum absolute atomic E-state index is 12.0. The van der Waals surface area contributed by atoms with Crippen LogP contribution in [0.3, 0.4) is 0 Å². The van der Waals surface area contributed by atoms with Crippen molar-refractivity contribution in [2.75, 3.05) is 12.8 Å². The molecule has 4 nitrogen and oxygen atoms in total. The zero-order valence-electron chi connectivity index (χ0n) is 11.7. The highest BCUT2D eigenvalue weighted by atomic mass is 32.2. The molecular weight excluding hydrogens is 274 g/mol. The van der Waals surface area contributed by atoms with Gasteiger partial charge in [0.1, 0.15) is 5.60 Å². The molecule has 1 heterocycles. The Hall–Kier alpha value is -0.910. The van der Waals surface area contributed by atoms with E-state index in [1.807, 2.05) is 18.2 Å². The Morgan fingerprint density at radius 3 is 2.85 bits per heavy atom. The SMILES string of the molecule is CS(=O)(=O)C1CCCC1(O)C1NCCc2ccccc21. The van der Waals surface area contributed by atoms with E-state index in [0.29, 0.717) is 12.8 Å². The van der Waals surface area contributed by atoms with Crippen molar-refractivity contribution in [3.05, 3.63) is 35.4 Å². The third-order valence-electron chi connectivity index (χ3n) is 4.73. The molecule has 1 fully saturated rings. The summed E-state index contributed by atoms with van der Waals surface area (Å²) in [5.41, 5.74) is 1.07. The Balaban J connectivity index is 2.05. The highest BCUT2D eigenvalue weighted by Gasteiger charge is 2.52. The van der Waals surface area contributed by atoms with E-state index in [0.717, 1.165) is 24.9 Å². The first-order valence-electron chi connectivity index (χ1n) is 7.15. The first kappa shape index (κ1) is 14.0. The monoisotopic (exact) mass is 295 g/mol. The summed E-state index contributed by atoms with van der Waals surface area (Å²) >= 11 is 0. The van der Waals surface area contributed by atoms with Gasteiger partial charge < -0.3 is 10.4 Å². The standard InChI is InChI=1S/C15H21NO3S/c1-20(18,19)13-7-4-9-15(13,17)14-12-6-3-2-5-11(12)8-10-16-14/h2-3,5-6,13-14,16-17H,4,7-10H2,1H3. The van der Waals surface area contributed by atoms with Crippen molar-refractivity contribution >= 4 is 9.84 Å². The van der Waals surface area contributed by atoms with Gasteiger partial charge in [0.2, 0.25) is 0 Å². The van der Waals surface area contributed by atoms with E-state index in [1.54, 1.807) is 0 Å². The molecule has 2 N–H and O–H groups in total. The number of nitrogens with one attached hydrogen (secondary N) is 1. The molecule has 1 aliphatic carbocycles. The van der Waals surface area contributed by atoms with Gasteiger partial charge in [-0.25, -0.2) is 8.42 Å². The molecular formula is C15H21NO3S. The van der Waals surface area contributed by atoms with Gasteiger partial charge in [0.05, 0.1) is 11.3 Å². The molecule has 1 aliphatic heterocycles. The molecule has 3 atom stereocenters. The first-order chi connectivity index (χ1) is 9.43. The van der Waals surface area contributed by atoms with Gasteiger partial charge >= 0.3 is 0 Å². The summed E-state index contributed by atoms with van der Waals surface area (Å²) in [6.45, 7) is 0.778. The van der Waals surface area contributed by atoms with Crippen LogP contribution in [0.5, 0.6) is 0 Å². The average Bonchev–Trinajstić information content (AvgIpc) is 2.81. The molecule has 110 valence electrons. The minimum Gasteiger partial charge on any atom is -0.387 e. The second-order valence-electron chi connectivity index (χ2n) is 6.04. The van der Waals surface area contributed by atoms with E-state index < -0.39 is 20.7 Å². The normalized spacial score (nSPS) is 33.9. The summed E-state index contributed by atoms with van der Waals surface area (Å²) < 4.78 is 24.0. The van der Waals surface area contributed by atoms with Gasteiger partial charge in [0.25, 0.3) is 0 Å². The lowest BCUT2D eigenvalue weighted by Crippen LogP contribution is -2.53. The number of benzene rings is 1. The smallest absolute Gasteiger partial charge is 0.153 e. The number of rotatable bonds is 2. The summed E-state index contributed by atoms with van der Waals surface area (Å²) in [7, 11) is -3.25. The Bertz CT molecular complexity index is 613. The Morgan fingerprint density at radius 2 is 2.10 bits per heavy atom. The van der Waals surface area contributed by atoms with Crippen LogP contribution < -0.4 is 5.32 Å². The van der Waals surface area contributed by atoms with Crippen LogP contribution in [0.4, 0.5) is 0 Å². The van der Waals surface area contributed by atoms with E-state index in [9.17, 15) is 13.5 Å². The summed E-state index contributed by atoms with van der Waals surface area (Å²) in [5.74, 6) is 0. The second-order valence-corrected chi connectivity index (χ2v) is 8.27. The summed E-state index contributed by atoms with van der Waals surface area (Å²) in [6, 6.07) is 7.73. The van der Waals surface area contributed by atoms with Gasteiger partial charge in [-0.2, -0.15) is 0 Å². The van der Waals surface area contributed by atoms with Crippen molar-refractivity contribution in [3.63, 3.8) is 0 Å². The number of fused-ring (bicyclic) bond motifs is 1. The molecule has 0 bridgehead atoms. The van der Waals surface area contributed by atoms with Crippen molar-refractivity contribution in [2.24, 2.45) is 0 Å². The van der Waals surface area contributed by atoms with E-state index >= 15 is 0 Å². The Kier molecular flexibility index (Phi) is 3.39. The molecule has 0 spiro atoms. The van der Waals surface area contributed by atoms with Crippen LogP contribution in [0.15, 0.2) is 24.3 Å². The van der Waals surface area contributed by atoms with Gasteiger partial charge in [0, 0.05) is 6.26 Å². The van der Waals surface area contributed by atoms with Crippen molar-refractivity contribution in [2.45, 2.75) is 42.6 Å². The first-order valence-corrected chi connectivity index (χ1v) is 9.11. The molecule has 0 amide bonds. The molecule has 0 radical (unpaired) electrons. The highest BCUT2D eigenvalue weighted by Crippen LogP contribution is 2.44. The minimum atomic E-state index is -3.25. The van der Waals surface area contributed by atoms with Crippen LogP contribution >= 0.6 is 0 Å². The zero-order chi connectivity index (χ0) is 14.4. The maximum atomic E-state index is 12.0. The van der Waals surface area contributed by atoms with Crippen LogP contribution in [-0.2, 0) is 16.3 Å². The molecule has 3 unspecified atom stereocenters. The summed E-state index contributed by atoms with van der Waals surface area (Å²) in [4.78, 5) is 0. The number of hydrogen-bond donors (Lipinski definition) is 2. The number of hydrogen-bond acceptors (Lipinski definition) is 4. The third-order valence-corrected chi connectivity index (χ3v) is 6.40. The fourth-order valence-corrected chi connectivity index (χ4v) is 5.44. The minimum absolute atomic E-state index is 0.283. The zero-order valence-corrected chi connectivity index (χ0v) is 12.5. The van der Waals surface area contributed by atoms with Gasteiger partial charge in [-0.3, -0.25) is 0 Å². The van der Waals surface area contributed by atoms with E-state index in [4.69, 9.17) is 0 Å². The molecule has 1 aromatic carbocycles. The van der Waals surface area contributed by atoms with E-state index in [2.05, 4.69) is 11.4 Å². The lowest BCUT2D eigenvalue weighted by Gasteiger charge is -2.40. The van der Waals surface area contributed by atoms with Crippen molar-refractivity contribution in [1.82, 2.24) is 5.32 Å². The van der Waals surface area contributed by atoms with Gasteiger partial charge in [0.15, 0.2) is 9.84 Å². The van der Waals surface area contributed by atoms with Gasteiger partial charge in [-0.05, 0) is 43.4 Å². The van der Waals surface area contributed by atoms with Crippen LogP contribution in [0.25, 0.3) is 0 Å². The molecule has 2 aliphatic rings. The predicted octanol–water partition coefficient (Wildman–Crippen LogP) is 1.20. The molecule has 3 rings (SSSR count). The highest BCUT2D eigenvalue weighted by molar-refractivity contribution is 7.91. The molecule has 5 heteroatoms. The van der Waals surface area contributed by atoms with Crippen molar-refractivity contribution in [3.8, 4) is 0 Å². The van der Waals surface area contributed by atoms with Gasteiger partial charge in [-0.15, -0.1) is 0 Å². The van der Waals surface area contributed by atoms with Crippen LogP contribution in [-0.4, -0.2) is 37.2 Å². The second kappa shape index (κ2) is 4.83. The maximum Gasteiger partial charge on any atom is 0.153 e. The number of aliphatic hydroxyl groups is 1. The van der Waals surface area contributed by atoms with Crippen LogP contribution in [0.1, 0.15) is 36.4 Å². The molecule has 0 aromatic heterocycles. The van der Waals surface area contributed by atoms with Crippen LogP contribution in [0.2, 0.25) is 0 Å². The van der Waals surface area contributed by atoms with E-state index in [-0.39, 0.29) is 6.04 Å². The summed E-state index contributed by atoms with van der Waals surface area (Å²) in [5, 5.41) is 13.8. The Labute approximate surface area is 120 Å². The Morgan fingerprint density at radius 1 is 1.35 bits per heavy atom. The van der Waals surface area contributed by atoms with E-state index in [1.165, 1.54) is 11.8 Å². The van der Waals surface area contributed by atoms with Crippen LogP contribution in [0, 0.1) is 0 Å². The predicted molar refractivity (Wildman–Crippen MR) is 78.3 cm³/mol. The summed E-state index contributed by atoms with van der Waals surface area (Å²) in [6.07, 6.45) is 4.01. The van der Waals surface area contributed by atoms with Crippen molar-refractivity contribution < 1.29 is 13.5 Å². The lowest BCUT2D eigenvalue weighted by atomic mass is 9.82. The topological polar surface area (TPSA) is 66.4 Å².